The van der Waals surface area contributed by atoms with Crippen LogP contribution in [-0.4, -0.2) is 55.6 Å². The first-order valence-electron chi connectivity index (χ1n) is 11.6. The van der Waals surface area contributed by atoms with Crippen LogP contribution in [0.25, 0.3) is 11.5 Å². The minimum absolute atomic E-state index is 0.107. The lowest BCUT2D eigenvalue weighted by Gasteiger charge is -2.30. The van der Waals surface area contributed by atoms with Gasteiger partial charge in [0.25, 0.3) is 5.91 Å². The van der Waals surface area contributed by atoms with Crippen molar-refractivity contribution in [3.63, 3.8) is 0 Å². The van der Waals surface area contributed by atoms with Gasteiger partial charge in [0, 0.05) is 24.2 Å². The summed E-state index contributed by atoms with van der Waals surface area (Å²) >= 11 is 0. The summed E-state index contributed by atoms with van der Waals surface area (Å²) in [6, 6.07) is 11.6. The quantitative estimate of drug-likeness (QED) is 0.487. The fourth-order valence-corrected chi connectivity index (χ4v) is 6.57. The number of amides is 1. The summed E-state index contributed by atoms with van der Waals surface area (Å²) in [5.74, 6) is -0.126. The van der Waals surface area contributed by atoms with Gasteiger partial charge in [0.1, 0.15) is 0 Å². The van der Waals surface area contributed by atoms with Crippen LogP contribution >= 0.6 is 0 Å². The number of hydrogen-bond acceptors (Lipinski definition) is 8. The van der Waals surface area contributed by atoms with Crippen LogP contribution in [0.2, 0.25) is 0 Å². The molecule has 1 fully saturated rings. The number of hydrogen-bond donors (Lipinski definition) is 1. The Morgan fingerprint density at radius 1 is 1.00 bits per heavy atom. The molecule has 0 saturated carbocycles. The number of carbonyl (C=O) groups is 1. The van der Waals surface area contributed by atoms with Crippen molar-refractivity contribution in [2.45, 2.75) is 48.7 Å². The van der Waals surface area contributed by atoms with E-state index in [0.717, 1.165) is 12.8 Å². The zero-order valence-corrected chi connectivity index (χ0v) is 21.8. The van der Waals surface area contributed by atoms with E-state index in [1.807, 2.05) is 6.92 Å². The van der Waals surface area contributed by atoms with Crippen molar-refractivity contribution < 1.29 is 26.0 Å². The number of benzene rings is 2. The molecule has 12 heteroatoms. The number of sulfone groups is 1. The molecule has 3 aromatic rings. The molecule has 0 spiro atoms. The molecule has 1 atom stereocenters. The molecule has 2 heterocycles. The van der Waals surface area contributed by atoms with Crippen molar-refractivity contribution in [3.05, 3.63) is 54.1 Å². The van der Waals surface area contributed by atoms with Gasteiger partial charge >= 0.3 is 6.01 Å². The van der Waals surface area contributed by atoms with Crippen LogP contribution in [0.3, 0.4) is 0 Å². The molecule has 1 N–H and O–H groups in total. The Labute approximate surface area is 210 Å². The van der Waals surface area contributed by atoms with Crippen molar-refractivity contribution in [1.82, 2.24) is 14.5 Å². The van der Waals surface area contributed by atoms with E-state index in [2.05, 4.69) is 15.5 Å². The van der Waals surface area contributed by atoms with Gasteiger partial charge in [-0.3, -0.25) is 10.1 Å². The highest BCUT2D eigenvalue weighted by Gasteiger charge is 2.28. The third-order valence-corrected chi connectivity index (χ3v) is 10.1. The second-order valence-electron chi connectivity index (χ2n) is 9.12. The van der Waals surface area contributed by atoms with Crippen molar-refractivity contribution >= 4 is 31.8 Å². The highest BCUT2D eigenvalue weighted by Crippen LogP contribution is 2.25. The molecule has 36 heavy (non-hydrogen) atoms. The molecule has 2 aromatic carbocycles. The monoisotopic (exact) mass is 532 g/mol. The summed E-state index contributed by atoms with van der Waals surface area (Å²) in [6.45, 7) is 6.23. The molecular weight excluding hydrogens is 504 g/mol. The summed E-state index contributed by atoms with van der Waals surface area (Å²) in [7, 11) is -7.02. The van der Waals surface area contributed by atoms with Gasteiger partial charge in [-0.2, -0.15) is 4.31 Å². The Morgan fingerprint density at radius 3 is 2.25 bits per heavy atom. The van der Waals surface area contributed by atoms with E-state index in [0.29, 0.717) is 24.6 Å². The summed E-state index contributed by atoms with van der Waals surface area (Å²) in [6.07, 6.45) is 1.84. The van der Waals surface area contributed by atoms with Crippen molar-refractivity contribution in [1.29, 1.82) is 0 Å². The molecule has 0 bridgehead atoms. The highest BCUT2D eigenvalue weighted by atomic mass is 32.2. The largest absolute Gasteiger partial charge is 0.403 e. The van der Waals surface area contributed by atoms with Gasteiger partial charge in [-0.25, -0.2) is 16.8 Å². The molecule has 1 aliphatic heterocycles. The summed E-state index contributed by atoms with van der Waals surface area (Å²) in [4.78, 5) is 12.9. The van der Waals surface area contributed by atoms with Gasteiger partial charge in [0.2, 0.25) is 15.9 Å². The number of nitrogens with zero attached hydrogens (tertiary/aromatic N) is 3. The molecule has 1 aliphatic rings. The molecule has 0 aliphatic carbocycles. The van der Waals surface area contributed by atoms with Gasteiger partial charge in [0.05, 0.1) is 15.0 Å². The maximum atomic E-state index is 12.9. The highest BCUT2D eigenvalue weighted by molar-refractivity contribution is 7.92. The van der Waals surface area contributed by atoms with E-state index in [9.17, 15) is 21.6 Å². The Hall–Kier alpha value is -3.09. The predicted molar refractivity (Wildman–Crippen MR) is 134 cm³/mol. The maximum Gasteiger partial charge on any atom is 0.322 e. The van der Waals surface area contributed by atoms with Crippen LogP contribution < -0.4 is 5.32 Å². The van der Waals surface area contributed by atoms with Crippen LogP contribution in [0.15, 0.2) is 62.7 Å². The Morgan fingerprint density at radius 2 is 1.64 bits per heavy atom. The minimum Gasteiger partial charge on any atom is -0.403 e. The summed E-state index contributed by atoms with van der Waals surface area (Å²) in [5, 5.41) is 9.66. The molecule has 1 amide bonds. The summed E-state index contributed by atoms with van der Waals surface area (Å²) in [5.41, 5.74) is 0.719. The third kappa shape index (κ3) is 5.35. The number of nitrogens with one attached hydrogen (secondary N) is 1. The van der Waals surface area contributed by atoms with E-state index in [4.69, 9.17) is 4.42 Å². The molecule has 0 radical (unpaired) electrons. The first-order chi connectivity index (χ1) is 17.0. The average molecular weight is 533 g/mol. The van der Waals surface area contributed by atoms with Crippen LogP contribution in [0.4, 0.5) is 6.01 Å². The Kier molecular flexibility index (Phi) is 7.30. The fourth-order valence-electron chi connectivity index (χ4n) is 3.91. The standard InChI is InChI=1S/C24H28N4O6S2/c1-16(2)35(30,31)20-10-8-19(9-11-20)23-26-27-24(34-23)25-22(29)18-6-12-21(13-7-18)36(32,33)28-14-4-5-17(3)15-28/h6-13,16-17H,4-5,14-15H2,1-3H3,(H,25,27,29). The lowest BCUT2D eigenvalue weighted by atomic mass is 10.0. The number of anilines is 1. The number of piperidine rings is 1. The zero-order chi connectivity index (χ0) is 26.1. The summed E-state index contributed by atoms with van der Waals surface area (Å²) < 4.78 is 57.4. The number of carbonyl (C=O) groups excluding carboxylic acids is 1. The SMILES string of the molecule is CC1CCCN(S(=O)(=O)c2ccc(C(=O)Nc3nnc(-c4ccc(S(=O)(=O)C(C)C)cc4)o3)cc2)C1. The van der Waals surface area contributed by atoms with Crippen LogP contribution in [0.5, 0.6) is 0 Å². The maximum absolute atomic E-state index is 12.9. The average Bonchev–Trinajstić information content (AvgIpc) is 3.32. The number of aromatic nitrogens is 2. The second-order valence-corrected chi connectivity index (χ2v) is 13.6. The van der Waals surface area contributed by atoms with Crippen molar-refractivity contribution in [2.24, 2.45) is 5.92 Å². The Bertz CT molecular complexity index is 1450. The minimum atomic E-state index is -3.62. The molecule has 10 nitrogen and oxygen atoms in total. The van der Waals surface area contributed by atoms with Crippen LogP contribution in [0, 0.1) is 5.92 Å². The predicted octanol–water partition coefficient (Wildman–Crippen LogP) is 3.59. The number of rotatable bonds is 7. The van der Waals surface area contributed by atoms with Crippen LogP contribution in [0.1, 0.15) is 44.0 Å². The van der Waals surface area contributed by atoms with E-state index in [1.54, 1.807) is 26.0 Å². The van der Waals surface area contributed by atoms with E-state index < -0.39 is 31.0 Å². The molecule has 4 rings (SSSR count). The molecule has 1 saturated heterocycles. The van der Waals surface area contributed by atoms with E-state index >= 15 is 0 Å². The topological polar surface area (TPSA) is 140 Å². The first-order valence-corrected chi connectivity index (χ1v) is 14.6. The zero-order valence-electron chi connectivity index (χ0n) is 20.2. The lowest BCUT2D eigenvalue weighted by Crippen LogP contribution is -2.39. The molecule has 192 valence electrons. The smallest absolute Gasteiger partial charge is 0.322 e. The van der Waals surface area contributed by atoms with E-state index in [-0.39, 0.29) is 27.3 Å². The normalized spacial score (nSPS) is 17.3. The van der Waals surface area contributed by atoms with Crippen LogP contribution in [-0.2, 0) is 19.9 Å². The molecule has 1 aromatic heterocycles. The van der Waals surface area contributed by atoms with Crippen molar-refractivity contribution in [3.8, 4) is 11.5 Å². The molecule has 1 unspecified atom stereocenters. The van der Waals surface area contributed by atoms with Gasteiger partial charge < -0.3 is 4.42 Å². The molecular formula is C24H28N4O6S2. The van der Waals surface area contributed by atoms with Gasteiger partial charge in [-0.15, -0.1) is 5.10 Å². The third-order valence-electron chi connectivity index (χ3n) is 6.07. The van der Waals surface area contributed by atoms with E-state index in [1.165, 1.54) is 40.7 Å². The van der Waals surface area contributed by atoms with Gasteiger partial charge in [-0.1, -0.05) is 12.0 Å². The first kappa shape index (κ1) is 26.0. The number of sulfonamides is 1. The lowest BCUT2D eigenvalue weighted by molar-refractivity contribution is 0.102. The van der Waals surface area contributed by atoms with Gasteiger partial charge in [0.15, 0.2) is 9.84 Å². The Balaban J connectivity index is 1.43. The fraction of sp³-hybridized carbons (Fsp3) is 0.375. The van der Waals surface area contributed by atoms with Crippen molar-refractivity contribution in [2.75, 3.05) is 18.4 Å². The second kappa shape index (κ2) is 10.1. The van der Waals surface area contributed by atoms with Gasteiger partial charge in [-0.05, 0) is 81.1 Å².